The Kier molecular flexibility index (Phi) is 24.5. The van der Waals surface area contributed by atoms with E-state index >= 15 is 0 Å². The van der Waals surface area contributed by atoms with Crippen LogP contribution in [0.25, 0.3) is 0 Å². The Morgan fingerprint density at radius 2 is 0.922 bits per heavy atom. The maximum absolute atomic E-state index is 9.20. The lowest BCUT2D eigenvalue weighted by Crippen LogP contribution is -2.53. The van der Waals surface area contributed by atoms with Crippen LogP contribution in [0.5, 0.6) is 0 Å². The molecule has 2 aliphatic carbocycles. The van der Waals surface area contributed by atoms with Gasteiger partial charge in [0.05, 0.1) is 18.8 Å². The summed E-state index contributed by atoms with van der Waals surface area (Å²) in [7, 11) is 0. The van der Waals surface area contributed by atoms with E-state index in [2.05, 4.69) is 67.8 Å². The third kappa shape index (κ3) is 19.1. The van der Waals surface area contributed by atoms with Gasteiger partial charge in [-0.25, -0.2) is 0 Å². The minimum atomic E-state index is -0.298. The van der Waals surface area contributed by atoms with Gasteiger partial charge in [-0.15, -0.1) is 0 Å². The third-order valence-electron chi connectivity index (χ3n) is 11.8. The molecular formula is C47H83NO3. The van der Waals surface area contributed by atoms with Crippen molar-refractivity contribution in [3.05, 3.63) is 48.6 Å². The highest BCUT2D eigenvalue weighted by Crippen LogP contribution is 2.61. The molecule has 51 heavy (non-hydrogen) atoms. The van der Waals surface area contributed by atoms with Crippen LogP contribution in [-0.2, 0) is 9.47 Å². The minimum absolute atomic E-state index is 0.198. The number of ether oxygens (including phenoxy) is 2. The fourth-order valence-electron chi connectivity index (χ4n) is 8.94. The highest BCUT2D eigenvalue weighted by atomic mass is 16.8. The van der Waals surface area contributed by atoms with Gasteiger partial charge in [0.2, 0.25) is 0 Å². The smallest absolute Gasteiger partial charge is 0.170 e. The molecule has 1 unspecified atom stereocenters. The van der Waals surface area contributed by atoms with Crippen molar-refractivity contribution in [2.24, 2.45) is 5.41 Å². The van der Waals surface area contributed by atoms with Crippen molar-refractivity contribution >= 4 is 0 Å². The SMILES string of the molecule is CCCCC/C=C\C/C=C\CCCCCCCCC1(CCCCCCCC/C=C\C/C=C\CCCCC)CC2(C1)O[C@H]1CC(NCCO)C[C@H]1O2. The number of rotatable bonds is 33. The zero-order valence-electron chi connectivity index (χ0n) is 33.7. The molecule has 0 aromatic rings. The number of hydrogen-bond donors (Lipinski definition) is 2. The average Bonchev–Trinajstić information content (AvgIpc) is 3.66. The van der Waals surface area contributed by atoms with Crippen LogP contribution in [-0.4, -0.2) is 42.3 Å². The monoisotopic (exact) mass is 710 g/mol. The molecule has 294 valence electrons. The normalized spacial score (nSPS) is 22.5. The number of allylic oxidation sites excluding steroid dienone is 8. The molecule has 4 heteroatoms. The standard InChI is InChI=1S/C47H83NO3/c1-3-5-7-9-11-13-15-17-19-21-23-25-27-29-31-33-35-46(41-47(42-46)50-44-39-43(48-37-38-49)40-45(44)51-47)36-34-32-30-28-26-24-22-20-18-16-14-12-10-8-6-4-2/h11-14,17-20,43-45,48-49H,3-10,15-16,21-42H2,1-2H3/b13-11-,14-12-,19-17-,20-18-/t43?,44-,45+. The van der Waals surface area contributed by atoms with Gasteiger partial charge in [-0.1, -0.05) is 152 Å². The average molecular weight is 710 g/mol. The summed E-state index contributed by atoms with van der Waals surface area (Å²) < 4.78 is 13.4. The first-order valence-corrected chi connectivity index (χ1v) is 22.4. The molecule has 0 aromatic carbocycles. The van der Waals surface area contributed by atoms with Gasteiger partial charge in [-0.2, -0.15) is 0 Å². The van der Waals surface area contributed by atoms with Gasteiger partial charge >= 0.3 is 0 Å². The molecule has 2 saturated carbocycles. The van der Waals surface area contributed by atoms with E-state index in [-0.39, 0.29) is 24.6 Å². The van der Waals surface area contributed by atoms with Crippen LogP contribution in [0.4, 0.5) is 0 Å². The number of aliphatic hydroxyl groups excluding tert-OH is 1. The van der Waals surface area contributed by atoms with Crippen LogP contribution in [0, 0.1) is 5.41 Å². The van der Waals surface area contributed by atoms with Gasteiger partial charge in [0.1, 0.15) is 0 Å². The van der Waals surface area contributed by atoms with Crippen LogP contribution in [0.3, 0.4) is 0 Å². The Labute approximate surface area is 316 Å². The molecule has 3 aliphatic rings. The Balaban J connectivity index is 1.26. The molecule has 3 fully saturated rings. The van der Waals surface area contributed by atoms with Gasteiger partial charge in [-0.05, 0) is 95.3 Å². The van der Waals surface area contributed by atoms with E-state index in [1.165, 1.54) is 154 Å². The summed E-state index contributed by atoms with van der Waals surface area (Å²) in [4.78, 5) is 0. The highest BCUT2D eigenvalue weighted by Gasteiger charge is 2.62. The quantitative estimate of drug-likeness (QED) is 0.0526. The van der Waals surface area contributed by atoms with Crippen molar-refractivity contribution in [1.29, 1.82) is 0 Å². The first kappa shape index (κ1) is 44.2. The lowest BCUT2D eigenvalue weighted by atomic mass is 9.59. The molecule has 0 bridgehead atoms. The first-order valence-electron chi connectivity index (χ1n) is 22.4. The Morgan fingerprint density at radius 3 is 1.33 bits per heavy atom. The van der Waals surface area contributed by atoms with E-state index in [9.17, 15) is 5.11 Å². The van der Waals surface area contributed by atoms with Gasteiger partial charge in [0.15, 0.2) is 5.79 Å². The maximum Gasteiger partial charge on any atom is 0.170 e. The summed E-state index contributed by atoms with van der Waals surface area (Å²) in [6.45, 7) is 5.41. The topological polar surface area (TPSA) is 50.7 Å². The number of fused-ring (bicyclic) bond motifs is 1. The van der Waals surface area contributed by atoms with E-state index in [1.54, 1.807) is 0 Å². The molecule has 0 amide bonds. The molecular weight excluding hydrogens is 627 g/mol. The van der Waals surface area contributed by atoms with E-state index in [0.717, 1.165) is 38.5 Å². The molecule has 1 aliphatic heterocycles. The second-order valence-corrected chi connectivity index (χ2v) is 16.6. The Hall–Kier alpha value is -1.20. The second-order valence-electron chi connectivity index (χ2n) is 16.6. The van der Waals surface area contributed by atoms with E-state index in [1.807, 2.05) is 0 Å². The van der Waals surface area contributed by atoms with Crippen LogP contribution in [0.2, 0.25) is 0 Å². The van der Waals surface area contributed by atoms with Crippen LogP contribution < -0.4 is 5.32 Å². The summed E-state index contributed by atoms with van der Waals surface area (Å²) in [6, 6.07) is 0.422. The fraction of sp³-hybridized carbons (Fsp3) is 0.830. The fourth-order valence-corrected chi connectivity index (χ4v) is 8.94. The summed E-state index contributed by atoms with van der Waals surface area (Å²) in [6.07, 6.45) is 58.0. The number of unbranched alkanes of at least 4 members (excludes halogenated alkanes) is 18. The van der Waals surface area contributed by atoms with Crippen molar-refractivity contribution in [3.63, 3.8) is 0 Å². The molecule has 1 spiro atoms. The highest BCUT2D eigenvalue weighted by molar-refractivity contribution is 5.07. The lowest BCUT2D eigenvalue weighted by molar-refractivity contribution is -0.281. The lowest BCUT2D eigenvalue weighted by Gasteiger charge is -2.54. The summed E-state index contributed by atoms with van der Waals surface area (Å²) in [5.41, 5.74) is 0.428. The predicted molar refractivity (Wildman–Crippen MR) is 220 cm³/mol. The largest absolute Gasteiger partial charge is 0.395 e. The van der Waals surface area contributed by atoms with Crippen molar-refractivity contribution in [2.45, 2.75) is 231 Å². The molecule has 4 nitrogen and oxygen atoms in total. The molecule has 1 heterocycles. The summed E-state index contributed by atoms with van der Waals surface area (Å²) >= 11 is 0. The van der Waals surface area contributed by atoms with Gasteiger partial charge in [0, 0.05) is 25.4 Å². The van der Waals surface area contributed by atoms with Crippen molar-refractivity contribution in [3.8, 4) is 0 Å². The van der Waals surface area contributed by atoms with E-state index in [4.69, 9.17) is 9.47 Å². The van der Waals surface area contributed by atoms with Crippen LogP contribution in [0.15, 0.2) is 48.6 Å². The molecule has 2 N–H and O–H groups in total. The number of nitrogens with one attached hydrogen (secondary N) is 1. The van der Waals surface area contributed by atoms with Crippen molar-refractivity contribution in [1.82, 2.24) is 5.32 Å². The summed E-state index contributed by atoms with van der Waals surface area (Å²) in [5.74, 6) is -0.298. The minimum Gasteiger partial charge on any atom is -0.395 e. The van der Waals surface area contributed by atoms with Gasteiger partial charge in [0.25, 0.3) is 0 Å². The van der Waals surface area contributed by atoms with Crippen LogP contribution >= 0.6 is 0 Å². The summed E-state index contributed by atoms with van der Waals surface area (Å²) in [5, 5.41) is 12.7. The second kappa shape index (κ2) is 28.3. The third-order valence-corrected chi connectivity index (χ3v) is 11.8. The first-order chi connectivity index (χ1) is 25.1. The zero-order valence-corrected chi connectivity index (χ0v) is 33.7. The molecule has 0 radical (unpaired) electrons. The van der Waals surface area contributed by atoms with Gasteiger partial charge < -0.3 is 19.9 Å². The number of hydrogen-bond acceptors (Lipinski definition) is 4. The molecule has 1 saturated heterocycles. The van der Waals surface area contributed by atoms with Crippen molar-refractivity contribution in [2.75, 3.05) is 13.2 Å². The van der Waals surface area contributed by atoms with Gasteiger partial charge in [-0.3, -0.25) is 0 Å². The molecule has 3 atom stereocenters. The van der Waals surface area contributed by atoms with E-state index in [0.29, 0.717) is 18.0 Å². The number of aliphatic hydroxyl groups is 1. The Morgan fingerprint density at radius 1 is 0.529 bits per heavy atom. The van der Waals surface area contributed by atoms with Crippen LogP contribution in [0.1, 0.15) is 206 Å². The predicted octanol–water partition coefficient (Wildman–Crippen LogP) is 13.4. The maximum atomic E-state index is 9.20. The molecule has 0 aromatic heterocycles. The zero-order chi connectivity index (χ0) is 36.1. The molecule has 3 rings (SSSR count). The Bertz CT molecular complexity index is 881. The van der Waals surface area contributed by atoms with Crippen molar-refractivity contribution < 1.29 is 14.6 Å². The van der Waals surface area contributed by atoms with E-state index < -0.39 is 0 Å².